The Morgan fingerprint density at radius 2 is 1.74 bits per heavy atom. The summed E-state index contributed by atoms with van der Waals surface area (Å²) in [6.07, 6.45) is 1.62. The van der Waals surface area contributed by atoms with Crippen molar-refractivity contribution in [3.63, 3.8) is 0 Å². The summed E-state index contributed by atoms with van der Waals surface area (Å²) in [6, 6.07) is 14.7. The van der Waals surface area contributed by atoms with Crippen molar-refractivity contribution in [3.05, 3.63) is 82.9 Å². The third-order valence-corrected chi connectivity index (χ3v) is 7.14. The first kappa shape index (κ1) is 25.1. The van der Waals surface area contributed by atoms with E-state index in [1.54, 1.807) is 39.9 Å². The van der Waals surface area contributed by atoms with Crippen molar-refractivity contribution in [2.24, 2.45) is 5.92 Å². The molecule has 1 fully saturated rings. The Morgan fingerprint density at radius 3 is 2.42 bits per heavy atom. The number of carbonyl (C=O) groups is 2. The van der Waals surface area contributed by atoms with Gasteiger partial charge in [-0.25, -0.2) is 14.6 Å². The zero-order valence-corrected chi connectivity index (χ0v) is 22.1. The second-order valence-corrected chi connectivity index (χ2v) is 9.71. The highest BCUT2D eigenvalue weighted by Crippen LogP contribution is 2.28. The smallest absolute Gasteiger partial charge is 0.229 e. The molecule has 1 aliphatic heterocycles. The summed E-state index contributed by atoms with van der Waals surface area (Å²) < 4.78 is 7.69. The van der Waals surface area contributed by atoms with E-state index in [1.807, 2.05) is 52.8 Å². The van der Waals surface area contributed by atoms with E-state index >= 15 is 0 Å². The van der Waals surface area contributed by atoms with Gasteiger partial charge >= 0.3 is 0 Å². The molecule has 1 aliphatic rings. The number of aromatic nitrogens is 4. The zero-order valence-electron chi connectivity index (χ0n) is 22.1. The van der Waals surface area contributed by atoms with Gasteiger partial charge in [-0.2, -0.15) is 5.10 Å². The maximum absolute atomic E-state index is 12.9. The standard InChI is InChI=1S/C29H30N6O3/c1-17-6-9-24(12-18(17)2)34-15-22(13-28(34)36)29(37)32-23-7-10-25(11-8-23)38-27-14-26(30-16-31-27)35-21(5)19(3)20(4)33-35/h6-12,14,16,22H,13,15H2,1-5H3,(H,32,37). The van der Waals surface area contributed by atoms with E-state index in [0.717, 1.165) is 28.2 Å². The number of amides is 2. The molecule has 194 valence electrons. The van der Waals surface area contributed by atoms with Crippen LogP contribution in [-0.2, 0) is 9.59 Å². The number of hydrogen-bond donors (Lipinski definition) is 1. The van der Waals surface area contributed by atoms with Crippen LogP contribution in [0.1, 0.15) is 34.5 Å². The number of anilines is 2. The number of nitrogens with one attached hydrogen (secondary N) is 1. The Labute approximate surface area is 221 Å². The van der Waals surface area contributed by atoms with Crippen molar-refractivity contribution in [1.82, 2.24) is 19.7 Å². The summed E-state index contributed by atoms with van der Waals surface area (Å²) in [5.41, 5.74) is 6.81. The Kier molecular flexibility index (Phi) is 6.67. The molecule has 1 N–H and O–H groups in total. The van der Waals surface area contributed by atoms with Crippen LogP contribution < -0.4 is 15.0 Å². The fraction of sp³-hybridized carbons (Fsp3) is 0.276. The number of carbonyl (C=O) groups excluding carboxylic acids is 2. The van der Waals surface area contributed by atoms with Crippen molar-refractivity contribution in [1.29, 1.82) is 0 Å². The van der Waals surface area contributed by atoms with E-state index in [0.29, 0.717) is 29.7 Å². The van der Waals surface area contributed by atoms with E-state index in [4.69, 9.17) is 4.74 Å². The summed E-state index contributed by atoms with van der Waals surface area (Å²) in [4.78, 5) is 35.8. The fourth-order valence-electron chi connectivity index (χ4n) is 4.44. The van der Waals surface area contributed by atoms with Crippen LogP contribution in [-0.4, -0.2) is 38.1 Å². The van der Waals surface area contributed by atoms with Crippen LogP contribution in [0.5, 0.6) is 11.6 Å². The highest BCUT2D eigenvalue weighted by atomic mass is 16.5. The molecule has 0 saturated carbocycles. The normalized spacial score (nSPS) is 15.1. The molecule has 0 bridgehead atoms. The number of aryl methyl sites for hydroxylation is 3. The van der Waals surface area contributed by atoms with Gasteiger partial charge in [-0.1, -0.05) is 6.07 Å². The summed E-state index contributed by atoms with van der Waals surface area (Å²) in [6.45, 7) is 10.4. The Bertz CT molecular complexity index is 1530. The van der Waals surface area contributed by atoms with Gasteiger partial charge in [0.2, 0.25) is 17.7 Å². The molecule has 0 spiro atoms. The predicted octanol–water partition coefficient (Wildman–Crippen LogP) is 4.99. The quantitative estimate of drug-likeness (QED) is 0.392. The Balaban J connectivity index is 1.22. The second-order valence-electron chi connectivity index (χ2n) is 9.71. The van der Waals surface area contributed by atoms with E-state index in [1.165, 1.54) is 11.9 Å². The van der Waals surface area contributed by atoms with Crippen molar-refractivity contribution >= 4 is 23.2 Å². The first-order valence-electron chi connectivity index (χ1n) is 12.5. The molecule has 9 heteroatoms. The number of benzene rings is 2. The van der Waals surface area contributed by atoms with Gasteiger partial charge in [0.1, 0.15) is 12.1 Å². The van der Waals surface area contributed by atoms with E-state index in [9.17, 15) is 9.59 Å². The van der Waals surface area contributed by atoms with Crippen LogP contribution in [0.3, 0.4) is 0 Å². The first-order chi connectivity index (χ1) is 18.2. The van der Waals surface area contributed by atoms with E-state index < -0.39 is 5.92 Å². The Morgan fingerprint density at radius 1 is 0.974 bits per heavy atom. The van der Waals surface area contributed by atoms with Gasteiger partial charge < -0.3 is 15.0 Å². The number of hydrogen-bond acceptors (Lipinski definition) is 6. The van der Waals surface area contributed by atoms with Crippen molar-refractivity contribution in [2.75, 3.05) is 16.8 Å². The number of ether oxygens (including phenoxy) is 1. The minimum Gasteiger partial charge on any atom is -0.439 e. The molecule has 0 aliphatic carbocycles. The third-order valence-electron chi connectivity index (χ3n) is 7.14. The lowest BCUT2D eigenvalue weighted by atomic mass is 10.1. The van der Waals surface area contributed by atoms with Gasteiger partial charge in [0.05, 0.1) is 11.6 Å². The lowest BCUT2D eigenvalue weighted by molar-refractivity contribution is -0.122. The topological polar surface area (TPSA) is 102 Å². The van der Waals surface area contributed by atoms with Crippen LogP contribution in [0.25, 0.3) is 5.82 Å². The zero-order chi connectivity index (χ0) is 27.0. The SMILES string of the molecule is Cc1ccc(N2CC(C(=O)Nc3ccc(Oc4cc(-n5nc(C)c(C)c5C)ncn4)cc3)CC2=O)cc1C. The van der Waals surface area contributed by atoms with Crippen LogP contribution in [0, 0.1) is 40.5 Å². The fourth-order valence-corrected chi connectivity index (χ4v) is 4.44. The van der Waals surface area contributed by atoms with Gasteiger partial charge in [0, 0.05) is 36.1 Å². The van der Waals surface area contributed by atoms with Crippen LogP contribution in [0.2, 0.25) is 0 Å². The predicted molar refractivity (Wildman–Crippen MR) is 145 cm³/mol. The summed E-state index contributed by atoms with van der Waals surface area (Å²) in [5, 5.41) is 7.46. The maximum Gasteiger partial charge on any atom is 0.229 e. The van der Waals surface area contributed by atoms with E-state index in [-0.39, 0.29) is 18.2 Å². The molecule has 5 rings (SSSR count). The lowest BCUT2D eigenvalue weighted by Crippen LogP contribution is -2.28. The number of nitrogens with zero attached hydrogens (tertiary/aromatic N) is 5. The van der Waals surface area contributed by atoms with Crippen molar-refractivity contribution < 1.29 is 14.3 Å². The molecule has 2 aromatic carbocycles. The van der Waals surface area contributed by atoms with Crippen molar-refractivity contribution in [3.8, 4) is 17.4 Å². The summed E-state index contributed by atoms with van der Waals surface area (Å²) in [7, 11) is 0. The average Bonchev–Trinajstić information content (AvgIpc) is 3.42. The van der Waals surface area contributed by atoms with Gasteiger partial charge in [-0.15, -0.1) is 0 Å². The van der Waals surface area contributed by atoms with Gasteiger partial charge in [-0.05, 0) is 87.7 Å². The third kappa shape index (κ3) is 5.00. The van der Waals surface area contributed by atoms with Gasteiger partial charge in [0.15, 0.2) is 5.82 Å². The molecule has 38 heavy (non-hydrogen) atoms. The van der Waals surface area contributed by atoms with Crippen LogP contribution in [0.15, 0.2) is 54.9 Å². The molecular formula is C29H30N6O3. The number of rotatable bonds is 6. The minimum atomic E-state index is -0.419. The summed E-state index contributed by atoms with van der Waals surface area (Å²) in [5.74, 6) is 0.920. The van der Waals surface area contributed by atoms with Crippen LogP contribution >= 0.6 is 0 Å². The highest BCUT2D eigenvalue weighted by molar-refractivity contribution is 6.03. The molecule has 1 atom stereocenters. The van der Waals surface area contributed by atoms with Crippen molar-refractivity contribution in [2.45, 2.75) is 41.0 Å². The lowest BCUT2D eigenvalue weighted by Gasteiger charge is -2.18. The molecule has 1 saturated heterocycles. The maximum atomic E-state index is 12.9. The molecule has 0 radical (unpaired) electrons. The molecule has 9 nitrogen and oxygen atoms in total. The van der Waals surface area contributed by atoms with Crippen LogP contribution in [0.4, 0.5) is 11.4 Å². The molecule has 4 aromatic rings. The Hall–Kier alpha value is -4.53. The van der Waals surface area contributed by atoms with E-state index in [2.05, 4.69) is 20.4 Å². The highest BCUT2D eigenvalue weighted by Gasteiger charge is 2.35. The average molecular weight is 511 g/mol. The largest absolute Gasteiger partial charge is 0.439 e. The molecule has 1 unspecified atom stereocenters. The molecule has 2 amide bonds. The first-order valence-corrected chi connectivity index (χ1v) is 12.5. The molecule has 3 heterocycles. The van der Waals surface area contributed by atoms with Gasteiger partial charge in [0.25, 0.3) is 0 Å². The minimum absolute atomic E-state index is 0.0444. The van der Waals surface area contributed by atoms with Gasteiger partial charge in [-0.3, -0.25) is 9.59 Å². The monoisotopic (exact) mass is 510 g/mol. The molecule has 2 aromatic heterocycles. The summed E-state index contributed by atoms with van der Waals surface area (Å²) >= 11 is 0. The second kappa shape index (κ2) is 10.1. The molecular weight excluding hydrogens is 480 g/mol.